The normalized spacial score (nSPS) is 19.8. The third-order valence-corrected chi connectivity index (χ3v) is 8.60. The van der Waals surface area contributed by atoms with Crippen molar-refractivity contribution < 1.29 is 14.0 Å². The van der Waals surface area contributed by atoms with E-state index in [0.717, 1.165) is 5.56 Å². The van der Waals surface area contributed by atoms with Gasteiger partial charge in [-0.2, -0.15) is 5.26 Å². The number of aromatic nitrogens is 1. The predicted molar refractivity (Wildman–Crippen MR) is 159 cm³/mol. The smallest absolute Gasteiger partial charge is 0.248 e. The Kier molecular flexibility index (Phi) is 6.10. The fraction of sp³-hybridized carbons (Fsp3) is 0.147. The van der Waals surface area contributed by atoms with Crippen LogP contribution >= 0.6 is 11.6 Å². The Labute approximate surface area is 247 Å². The Morgan fingerprint density at radius 3 is 2.40 bits per heavy atom. The van der Waals surface area contributed by atoms with E-state index in [9.17, 15) is 14.4 Å². The third-order valence-electron chi connectivity index (χ3n) is 8.31. The molecular weight excluding hydrogens is 551 g/mol. The SMILES string of the molecule is N#CC1=C(n2cccc2)N(c2ccc(F)c(Cl)c2)C2=C(C(=O)CCC2)[C@@]12C(=O)N(Cc1ccccc1)c1ccccc12. The molecule has 1 atom stereocenters. The number of amides is 1. The number of nitriles is 1. The molecule has 8 heteroatoms. The lowest BCUT2D eigenvalue weighted by Crippen LogP contribution is -2.51. The summed E-state index contributed by atoms with van der Waals surface area (Å²) in [7, 11) is 0. The van der Waals surface area contributed by atoms with E-state index in [1.165, 1.54) is 12.1 Å². The number of Topliss-reactive ketones (excluding diaryl/α,β-unsaturated/α-hetero) is 1. The molecule has 42 heavy (non-hydrogen) atoms. The number of ketones is 1. The van der Waals surface area contributed by atoms with Crippen LogP contribution in [-0.2, 0) is 21.5 Å². The summed E-state index contributed by atoms with van der Waals surface area (Å²) in [5.41, 5.74) is 2.08. The maximum absolute atomic E-state index is 15.0. The van der Waals surface area contributed by atoms with Crippen LogP contribution in [0.15, 0.2) is 114 Å². The summed E-state index contributed by atoms with van der Waals surface area (Å²) in [6.07, 6.45) is 4.90. The van der Waals surface area contributed by atoms with Gasteiger partial charge in [0.1, 0.15) is 23.1 Å². The van der Waals surface area contributed by atoms with Gasteiger partial charge in [0.05, 0.1) is 17.1 Å². The molecule has 0 N–H and O–H groups in total. The second-order valence-corrected chi connectivity index (χ2v) is 11.0. The largest absolute Gasteiger partial charge is 0.309 e. The highest BCUT2D eigenvalue weighted by molar-refractivity contribution is 6.31. The van der Waals surface area contributed by atoms with Crippen molar-refractivity contribution in [3.63, 3.8) is 0 Å². The fourth-order valence-corrected chi connectivity index (χ4v) is 6.80. The molecule has 1 aliphatic carbocycles. The first-order valence-electron chi connectivity index (χ1n) is 13.7. The number of halogens is 2. The molecule has 4 aromatic rings. The molecule has 6 nitrogen and oxygen atoms in total. The molecule has 206 valence electrons. The Morgan fingerprint density at radius 2 is 1.67 bits per heavy atom. The monoisotopic (exact) mass is 574 g/mol. The van der Waals surface area contributed by atoms with Crippen LogP contribution < -0.4 is 9.80 Å². The van der Waals surface area contributed by atoms with E-state index < -0.39 is 11.2 Å². The minimum Gasteiger partial charge on any atom is -0.309 e. The highest BCUT2D eigenvalue weighted by Crippen LogP contribution is 2.58. The zero-order chi connectivity index (χ0) is 29.0. The van der Waals surface area contributed by atoms with Gasteiger partial charge in [0, 0.05) is 47.0 Å². The number of hydrogen-bond acceptors (Lipinski definition) is 4. The maximum atomic E-state index is 15.0. The Morgan fingerprint density at radius 1 is 0.929 bits per heavy atom. The van der Waals surface area contributed by atoms with E-state index in [0.29, 0.717) is 46.9 Å². The van der Waals surface area contributed by atoms with Gasteiger partial charge in [-0.1, -0.05) is 60.1 Å². The lowest BCUT2D eigenvalue weighted by Gasteiger charge is -2.45. The maximum Gasteiger partial charge on any atom is 0.248 e. The number of anilines is 2. The molecule has 3 aromatic carbocycles. The Hall–Kier alpha value is -4.93. The highest BCUT2D eigenvalue weighted by Gasteiger charge is 2.62. The Balaban J connectivity index is 1.58. The predicted octanol–water partition coefficient (Wildman–Crippen LogP) is 6.98. The molecule has 0 unspecified atom stereocenters. The van der Waals surface area contributed by atoms with Gasteiger partial charge in [-0.15, -0.1) is 0 Å². The van der Waals surface area contributed by atoms with Gasteiger partial charge in [-0.25, -0.2) is 4.39 Å². The van der Waals surface area contributed by atoms with Gasteiger partial charge in [0.15, 0.2) is 5.78 Å². The minimum atomic E-state index is -1.65. The molecular formula is C34H24ClFN4O2. The Bertz CT molecular complexity index is 1870. The number of carbonyl (C=O) groups excluding carboxylic acids is 2. The zero-order valence-electron chi connectivity index (χ0n) is 22.4. The number of fused-ring (bicyclic) bond motifs is 3. The molecule has 1 amide bonds. The summed E-state index contributed by atoms with van der Waals surface area (Å²) in [4.78, 5) is 32.6. The van der Waals surface area contributed by atoms with Crippen molar-refractivity contribution in [1.29, 1.82) is 5.26 Å². The number of allylic oxidation sites excluding steroid dienone is 1. The van der Waals surface area contributed by atoms with Crippen molar-refractivity contribution >= 4 is 40.5 Å². The average Bonchev–Trinajstić information content (AvgIpc) is 3.62. The molecule has 3 aliphatic rings. The van der Waals surface area contributed by atoms with E-state index >= 15 is 4.79 Å². The molecule has 2 aliphatic heterocycles. The standard InChI is InChI=1S/C34H24ClFN4O2/c35-26-19-23(15-16-27(26)36)40-29-13-8-14-30(41)31(29)34(25(20-37)32(40)38-17-6-7-18-38)24-11-4-5-12-28(24)39(33(34)42)21-22-9-2-1-3-10-22/h1-7,9-12,15-19H,8,13-14,21H2/t34-/m0/s1. The van der Waals surface area contributed by atoms with Crippen molar-refractivity contribution in [3.8, 4) is 6.07 Å². The van der Waals surface area contributed by atoms with E-state index in [2.05, 4.69) is 6.07 Å². The third kappa shape index (κ3) is 3.62. The van der Waals surface area contributed by atoms with E-state index in [-0.39, 0.29) is 35.3 Å². The van der Waals surface area contributed by atoms with Gasteiger partial charge in [-0.3, -0.25) is 14.5 Å². The van der Waals surface area contributed by atoms with Crippen molar-refractivity contribution in [2.75, 3.05) is 9.80 Å². The lowest BCUT2D eigenvalue weighted by atomic mass is 9.63. The van der Waals surface area contributed by atoms with Gasteiger partial charge in [0.25, 0.3) is 0 Å². The number of rotatable bonds is 4. The highest BCUT2D eigenvalue weighted by atomic mass is 35.5. The first-order chi connectivity index (χ1) is 20.5. The van der Waals surface area contributed by atoms with Gasteiger partial charge in [0.2, 0.25) is 5.91 Å². The molecule has 0 bridgehead atoms. The number of carbonyl (C=O) groups is 2. The summed E-state index contributed by atoms with van der Waals surface area (Å²) in [6, 6.07) is 27.4. The second kappa shape index (κ2) is 9.86. The van der Waals surface area contributed by atoms with Crippen LogP contribution in [0.2, 0.25) is 5.02 Å². The lowest BCUT2D eigenvalue weighted by molar-refractivity contribution is -0.124. The van der Waals surface area contributed by atoms with Crippen LogP contribution in [0.5, 0.6) is 0 Å². The van der Waals surface area contributed by atoms with Gasteiger partial charge >= 0.3 is 0 Å². The number of para-hydroxylation sites is 1. The number of benzene rings is 3. The molecule has 1 aromatic heterocycles. The molecule has 0 radical (unpaired) electrons. The van der Waals surface area contributed by atoms with Crippen LogP contribution in [0.4, 0.5) is 15.8 Å². The zero-order valence-corrected chi connectivity index (χ0v) is 23.2. The number of nitrogens with zero attached hydrogens (tertiary/aromatic N) is 4. The summed E-state index contributed by atoms with van der Waals surface area (Å²) < 4.78 is 16.1. The quantitative estimate of drug-likeness (QED) is 0.263. The molecule has 0 saturated carbocycles. The number of hydrogen-bond donors (Lipinski definition) is 0. The topological polar surface area (TPSA) is 69.3 Å². The summed E-state index contributed by atoms with van der Waals surface area (Å²) in [5, 5.41) is 10.9. The average molecular weight is 575 g/mol. The molecule has 1 spiro atoms. The van der Waals surface area contributed by atoms with Gasteiger partial charge in [-0.05, 0) is 54.8 Å². The molecule has 0 saturated heterocycles. The van der Waals surface area contributed by atoms with Crippen LogP contribution in [0.3, 0.4) is 0 Å². The minimum absolute atomic E-state index is 0.0845. The summed E-state index contributed by atoms with van der Waals surface area (Å²) in [5.74, 6) is -0.693. The molecule has 3 heterocycles. The summed E-state index contributed by atoms with van der Waals surface area (Å²) >= 11 is 6.25. The van der Waals surface area contributed by atoms with E-state index in [1.54, 1.807) is 32.8 Å². The van der Waals surface area contributed by atoms with Crippen molar-refractivity contribution in [1.82, 2.24) is 4.57 Å². The van der Waals surface area contributed by atoms with E-state index in [4.69, 9.17) is 11.6 Å². The first kappa shape index (κ1) is 26.0. The van der Waals surface area contributed by atoms with Crippen LogP contribution in [0.25, 0.3) is 5.82 Å². The van der Waals surface area contributed by atoms with Crippen LogP contribution in [-0.4, -0.2) is 16.3 Å². The summed E-state index contributed by atoms with van der Waals surface area (Å²) in [6.45, 7) is 0.282. The fourth-order valence-electron chi connectivity index (χ4n) is 6.62. The van der Waals surface area contributed by atoms with Crippen molar-refractivity contribution in [3.05, 3.63) is 136 Å². The first-order valence-corrected chi connectivity index (χ1v) is 14.1. The van der Waals surface area contributed by atoms with Crippen LogP contribution in [0.1, 0.15) is 30.4 Å². The second-order valence-electron chi connectivity index (χ2n) is 10.6. The molecule has 0 fully saturated rings. The van der Waals surface area contributed by atoms with Crippen molar-refractivity contribution in [2.45, 2.75) is 31.2 Å². The van der Waals surface area contributed by atoms with Crippen LogP contribution in [0, 0.1) is 17.1 Å². The van der Waals surface area contributed by atoms with Crippen molar-refractivity contribution in [2.24, 2.45) is 0 Å². The van der Waals surface area contributed by atoms with E-state index in [1.807, 2.05) is 66.7 Å². The van der Waals surface area contributed by atoms with Gasteiger partial charge < -0.3 is 9.47 Å². The molecule has 7 rings (SSSR count).